The predicted molar refractivity (Wildman–Crippen MR) is 87.8 cm³/mol. The minimum atomic E-state index is -3.45. The highest BCUT2D eigenvalue weighted by molar-refractivity contribution is 7.86. The summed E-state index contributed by atoms with van der Waals surface area (Å²) < 4.78 is 39.4. The van der Waals surface area contributed by atoms with Crippen LogP contribution in [-0.2, 0) is 26.1 Å². The zero-order chi connectivity index (χ0) is 16.3. The first kappa shape index (κ1) is 17.1. The van der Waals surface area contributed by atoms with Crippen molar-refractivity contribution in [2.75, 3.05) is 46.0 Å². The summed E-state index contributed by atoms with van der Waals surface area (Å²) in [7, 11) is -3.45. The molecular formula is C15H21ClN2O4S. The van der Waals surface area contributed by atoms with Crippen LogP contribution in [0.15, 0.2) is 24.3 Å². The van der Waals surface area contributed by atoms with E-state index >= 15 is 0 Å². The number of hydrogen-bond donors (Lipinski definition) is 0. The maximum atomic E-state index is 12.7. The zero-order valence-corrected chi connectivity index (χ0v) is 14.4. The van der Waals surface area contributed by atoms with Crippen LogP contribution in [0.4, 0.5) is 0 Å². The topological polar surface area (TPSA) is 59.1 Å². The maximum absolute atomic E-state index is 12.7. The van der Waals surface area contributed by atoms with Crippen molar-refractivity contribution < 1.29 is 17.9 Å². The molecule has 0 amide bonds. The van der Waals surface area contributed by atoms with Gasteiger partial charge >= 0.3 is 0 Å². The number of morpholine rings is 2. The van der Waals surface area contributed by atoms with Crippen LogP contribution in [0, 0.1) is 0 Å². The van der Waals surface area contributed by atoms with E-state index in [1.165, 1.54) is 8.61 Å². The van der Waals surface area contributed by atoms with Crippen LogP contribution in [0.5, 0.6) is 0 Å². The smallest absolute Gasteiger partial charge is 0.282 e. The summed E-state index contributed by atoms with van der Waals surface area (Å²) in [6.45, 7) is 2.87. The Balaban J connectivity index is 1.67. The van der Waals surface area contributed by atoms with Crippen molar-refractivity contribution >= 4 is 21.8 Å². The number of benzene rings is 1. The number of hydrogen-bond acceptors (Lipinski definition) is 4. The highest BCUT2D eigenvalue weighted by Gasteiger charge is 2.34. The molecule has 1 aromatic rings. The van der Waals surface area contributed by atoms with Crippen molar-refractivity contribution in [2.24, 2.45) is 0 Å². The maximum Gasteiger partial charge on any atom is 0.282 e. The van der Waals surface area contributed by atoms with Crippen LogP contribution < -0.4 is 0 Å². The summed E-state index contributed by atoms with van der Waals surface area (Å²) in [5, 5.41) is 0.684. The second-order valence-corrected chi connectivity index (χ2v) is 8.00. The number of rotatable bonds is 4. The first-order chi connectivity index (χ1) is 11.1. The lowest BCUT2D eigenvalue weighted by atomic mass is 10.1. The predicted octanol–water partition coefficient (Wildman–Crippen LogP) is 1.16. The summed E-state index contributed by atoms with van der Waals surface area (Å²) in [5.74, 6) is 0. The van der Waals surface area contributed by atoms with Gasteiger partial charge in [-0.1, -0.05) is 29.8 Å². The van der Waals surface area contributed by atoms with Crippen LogP contribution in [0.3, 0.4) is 0 Å². The van der Waals surface area contributed by atoms with Gasteiger partial charge in [-0.05, 0) is 11.6 Å². The number of ether oxygens (including phenoxy) is 2. The number of nitrogens with zero attached hydrogens (tertiary/aromatic N) is 2. The average Bonchev–Trinajstić information content (AvgIpc) is 2.58. The molecule has 1 aromatic carbocycles. The summed E-state index contributed by atoms with van der Waals surface area (Å²) in [4.78, 5) is 0. The third-order valence-electron chi connectivity index (χ3n) is 4.13. The first-order valence-corrected chi connectivity index (χ1v) is 9.53. The molecule has 0 radical (unpaired) electrons. The Kier molecular flexibility index (Phi) is 5.56. The monoisotopic (exact) mass is 360 g/mol. The summed E-state index contributed by atoms with van der Waals surface area (Å²) in [6.07, 6.45) is 0.425. The van der Waals surface area contributed by atoms with Gasteiger partial charge in [0.05, 0.1) is 25.9 Å². The van der Waals surface area contributed by atoms with Crippen LogP contribution in [0.2, 0.25) is 5.02 Å². The quantitative estimate of drug-likeness (QED) is 0.808. The van der Waals surface area contributed by atoms with E-state index in [1.54, 1.807) is 0 Å². The van der Waals surface area contributed by atoms with Gasteiger partial charge in [-0.25, -0.2) is 0 Å². The SMILES string of the molecule is O=S(=O)(N1CCOCC1)N1CCO[C@H](Cc2ccccc2Cl)C1. The molecule has 2 heterocycles. The number of halogens is 1. The van der Waals surface area contributed by atoms with E-state index in [-0.39, 0.29) is 6.10 Å². The molecule has 8 heteroatoms. The van der Waals surface area contributed by atoms with E-state index in [2.05, 4.69) is 0 Å². The molecule has 0 bridgehead atoms. The van der Waals surface area contributed by atoms with Gasteiger partial charge in [-0.15, -0.1) is 0 Å². The lowest BCUT2D eigenvalue weighted by Crippen LogP contribution is -2.54. The average molecular weight is 361 g/mol. The summed E-state index contributed by atoms with van der Waals surface area (Å²) in [5.41, 5.74) is 0.977. The van der Waals surface area contributed by atoms with Crippen molar-refractivity contribution in [3.05, 3.63) is 34.9 Å². The fraction of sp³-hybridized carbons (Fsp3) is 0.600. The molecule has 2 saturated heterocycles. The molecule has 1 atom stereocenters. The Morgan fingerprint density at radius 2 is 1.78 bits per heavy atom. The minimum Gasteiger partial charge on any atom is -0.379 e. The van der Waals surface area contributed by atoms with Gasteiger partial charge in [0, 0.05) is 37.6 Å². The largest absolute Gasteiger partial charge is 0.379 e. The Hall–Kier alpha value is -0.700. The molecule has 6 nitrogen and oxygen atoms in total. The van der Waals surface area contributed by atoms with E-state index < -0.39 is 10.2 Å². The van der Waals surface area contributed by atoms with E-state index in [4.69, 9.17) is 21.1 Å². The minimum absolute atomic E-state index is 0.181. The van der Waals surface area contributed by atoms with Gasteiger partial charge in [-0.3, -0.25) is 0 Å². The lowest BCUT2D eigenvalue weighted by molar-refractivity contribution is -0.00414. The third kappa shape index (κ3) is 4.04. The molecule has 0 saturated carbocycles. The molecule has 0 aliphatic carbocycles. The van der Waals surface area contributed by atoms with Gasteiger partial charge in [0.25, 0.3) is 10.2 Å². The normalized spacial score (nSPS) is 24.7. The van der Waals surface area contributed by atoms with Crippen molar-refractivity contribution in [1.29, 1.82) is 0 Å². The van der Waals surface area contributed by atoms with E-state index in [9.17, 15) is 8.42 Å². The van der Waals surface area contributed by atoms with E-state index in [1.807, 2.05) is 24.3 Å². The third-order valence-corrected chi connectivity index (χ3v) is 6.50. The van der Waals surface area contributed by atoms with E-state index in [0.29, 0.717) is 57.4 Å². The summed E-state index contributed by atoms with van der Waals surface area (Å²) in [6, 6.07) is 7.58. The summed E-state index contributed by atoms with van der Waals surface area (Å²) >= 11 is 6.18. The van der Waals surface area contributed by atoms with Gasteiger partial charge in [-0.2, -0.15) is 17.0 Å². The fourth-order valence-corrected chi connectivity index (χ4v) is 4.69. The van der Waals surface area contributed by atoms with Gasteiger partial charge in [0.15, 0.2) is 0 Å². The van der Waals surface area contributed by atoms with Gasteiger partial charge in [0.2, 0.25) is 0 Å². The Bertz CT molecular complexity index is 634. The van der Waals surface area contributed by atoms with Crippen LogP contribution in [0.1, 0.15) is 5.56 Å². The molecule has 2 aliphatic heterocycles. The van der Waals surface area contributed by atoms with E-state index in [0.717, 1.165) is 5.56 Å². The molecule has 3 rings (SSSR count). The molecule has 0 spiro atoms. The zero-order valence-electron chi connectivity index (χ0n) is 12.9. The fourth-order valence-electron chi connectivity index (χ4n) is 2.88. The standard InChI is InChI=1S/C15H21ClN2O4S/c16-15-4-2-1-3-13(15)11-14-12-18(7-10-22-14)23(19,20)17-5-8-21-9-6-17/h1-4,14H,5-12H2/t14-/m1/s1. The molecule has 2 fully saturated rings. The molecule has 0 aromatic heterocycles. The Morgan fingerprint density at radius 3 is 2.52 bits per heavy atom. The second-order valence-electron chi connectivity index (χ2n) is 5.67. The highest BCUT2D eigenvalue weighted by Crippen LogP contribution is 2.21. The van der Waals surface area contributed by atoms with Crippen LogP contribution in [-0.4, -0.2) is 69.1 Å². The van der Waals surface area contributed by atoms with Crippen molar-refractivity contribution in [3.63, 3.8) is 0 Å². The lowest BCUT2D eigenvalue weighted by Gasteiger charge is -2.36. The molecule has 23 heavy (non-hydrogen) atoms. The van der Waals surface area contributed by atoms with Crippen molar-refractivity contribution in [2.45, 2.75) is 12.5 Å². The molecule has 0 unspecified atom stereocenters. The van der Waals surface area contributed by atoms with Crippen molar-refractivity contribution in [3.8, 4) is 0 Å². The molecule has 128 valence electrons. The molecule has 0 N–H and O–H groups in total. The van der Waals surface area contributed by atoms with Crippen molar-refractivity contribution in [1.82, 2.24) is 8.61 Å². The van der Waals surface area contributed by atoms with Gasteiger partial charge < -0.3 is 9.47 Å². The second kappa shape index (κ2) is 7.46. The Labute approximate surface area is 142 Å². The molecule has 2 aliphatic rings. The Morgan fingerprint density at radius 1 is 1.09 bits per heavy atom. The first-order valence-electron chi connectivity index (χ1n) is 7.75. The molecular weight excluding hydrogens is 340 g/mol. The van der Waals surface area contributed by atoms with Crippen LogP contribution in [0.25, 0.3) is 0 Å². The van der Waals surface area contributed by atoms with Crippen LogP contribution >= 0.6 is 11.6 Å². The highest BCUT2D eigenvalue weighted by atomic mass is 35.5. The van der Waals surface area contributed by atoms with Gasteiger partial charge in [0.1, 0.15) is 0 Å².